The third-order valence-corrected chi connectivity index (χ3v) is 6.92. The lowest BCUT2D eigenvalue weighted by Crippen LogP contribution is -2.49. The maximum Gasteiger partial charge on any atom is 0.174 e. The normalized spacial score (nSPS) is 14.6. The van der Waals surface area contributed by atoms with Crippen LogP contribution in [0, 0.1) is 0 Å². The van der Waals surface area contributed by atoms with E-state index in [9.17, 15) is 0 Å². The van der Waals surface area contributed by atoms with Crippen molar-refractivity contribution in [3.8, 4) is 0 Å². The fourth-order valence-corrected chi connectivity index (χ4v) is 4.61. The Balaban J connectivity index is 1.31. The van der Waals surface area contributed by atoms with Crippen LogP contribution in [-0.4, -0.2) is 50.9 Å². The first kappa shape index (κ1) is 22.6. The van der Waals surface area contributed by atoms with Crippen molar-refractivity contribution in [1.82, 2.24) is 19.6 Å². The number of nitrogens with zero attached hydrogens (tertiary/aromatic N) is 4. The summed E-state index contributed by atoms with van der Waals surface area (Å²) in [6.45, 7) is 5.01. The summed E-state index contributed by atoms with van der Waals surface area (Å²) in [5.74, 6) is 0.704. The minimum absolute atomic E-state index is 0.591. The van der Waals surface area contributed by atoms with Gasteiger partial charge in [-0.25, -0.2) is 0 Å². The van der Waals surface area contributed by atoms with E-state index < -0.39 is 0 Å². The highest BCUT2D eigenvalue weighted by Crippen LogP contribution is 2.23. The molecule has 0 spiro atoms. The molecule has 0 amide bonds. The molecule has 1 N–H and O–H groups in total. The molecule has 0 atom stereocenters. The third kappa shape index (κ3) is 5.79. The molecule has 1 fully saturated rings. The van der Waals surface area contributed by atoms with Gasteiger partial charge < -0.3 is 10.2 Å². The first-order valence-electron chi connectivity index (χ1n) is 9.97. The summed E-state index contributed by atoms with van der Waals surface area (Å²) in [6, 6.07) is 15.8. The Morgan fingerprint density at radius 2 is 1.52 bits per heavy atom. The standard InChI is InChI=1S/C22H22BrCl2N5S/c23-18-15-30(14-17-6-2-4-8-20(17)25)27-21(18)26-22(31)29-11-9-28(10-12-29)13-16-5-1-3-7-19(16)24/h1-8,15H,9-14H2,(H,26,27,31). The molecule has 4 rings (SSSR count). The van der Waals surface area contributed by atoms with Crippen molar-refractivity contribution in [3.63, 3.8) is 0 Å². The van der Waals surface area contributed by atoms with Gasteiger partial charge in [0.25, 0.3) is 0 Å². The van der Waals surface area contributed by atoms with Crippen LogP contribution < -0.4 is 5.32 Å². The van der Waals surface area contributed by atoms with Crippen LogP contribution in [0.3, 0.4) is 0 Å². The van der Waals surface area contributed by atoms with Crippen molar-refractivity contribution in [2.75, 3.05) is 31.5 Å². The van der Waals surface area contributed by atoms with Gasteiger partial charge in [0, 0.05) is 49.0 Å². The summed E-state index contributed by atoms with van der Waals surface area (Å²) in [4.78, 5) is 4.58. The van der Waals surface area contributed by atoms with Crippen LogP contribution >= 0.6 is 51.3 Å². The van der Waals surface area contributed by atoms with Gasteiger partial charge in [-0.1, -0.05) is 59.6 Å². The fourth-order valence-electron chi connectivity index (χ4n) is 3.52. The van der Waals surface area contributed by atoms with Crippen molar-refractivity contribution >= 4 is 62.3 Å². The first-order valence-corrected chi connectivity index (χ1v) is 11.9. The smallest absolute Gasteiger partial charge is 0.174 e. The molecule has 0 radical (unpaired) electrons. The van der Waals surface area contributed by atoms with E-state index in [1.807, 2.05) is 53.3 Å². The molecular formula is C22H22BrCl2N5S. The van der Waals surface area contributed by atoms with Gasteiger partial charge in [-0.2, -0.15) is 5.10 Å². The van der Waals surface area contributed by atoms with Crippen molar-refractivity contribution in [3.05, 3.63) is 80.4 Å². The van der Waals surface area contributed by atoms with Gasteiger partial charge >= 0.3 is 0 Å². The van der Waals surface area contributed by atoms with Gasteiger partial charge in [0.15, 0.2) is 10.9 Å². The number of benzene rings is 2. The van der Waals surface area contributed by atoms with Crippen LogP contribution in [0.15, 0.2) is 59.2 Å². The monoisotopic (exact) mass is 537 g/mol. The van der Waals surface area contributed by atoms with Crippen LogP contribution in [0.1, 0.15) is 11.1 Å². The summed E-state index contributed by atoms with van der Waals surface area (Å²) in [6.07, 6.45) is 1.93. The number of anilines is 1. The van der Waals surface area contributed by atoms with Crippen LogP contribution in [0.25, 0.3) is 0 Å². The van der Waals surface area contributed by atoms with Crippen molar-refractivity contribution in [1.29, 1.82) is 0 Å². The number of hydrogen-bond acceptors (Lipinski definition) is 3. The Morgan fingerprint density at radius 3 is 2.13 bits per heavy atom. The Labute approximate surface area is 206 Å². The van der Waals surface area contributed by atoms with Crippen molar-refractivity contribution in [2.24, 2.45) is 0 Å². The van der Waals surface area contributed by atoms with Gasteiger partial charge in [0.05, 0.1) is 11.0 Å². The second-order valence-corrected chi connectivity index (χ2v) is 9.45. The summed E-state index contributed by atoms with van der Waals surface area (Å²) in [5, 5.41) is 10.1. The Kier molecular flexibility index (Phi) is 7.51. The fraction of sp³-hybridized carbons (Fsp3) is 0.273. The second kappa shape index (κ2) is 10.3. The summed E-state index contributed by atoms with van der Waals surface area (Å²) in [7, 11) is 0. The molecule has 1 saturated heterocycles. The molecule has 1 aliphatic rings. The minimum Gasteiger partial charge on any atom is -0.346 e. The van der Waals surface area contributed by atoms with E-state index in [2.05, 4.69) is 42.2 Å². The molecule has 162 valence electrons. The highest BCUT2D eigenvalue weighted by Gasteiger charge is 2.21. The van der Waals surface area contributed by atoms with E-state index in [1.165, 1.54) is 0 Å². The van der Waals surface area contributed by atoms with Crippen LogP contribution in [0.2, 0.25) is 10.0 Å². The van der Waals surface area contributed by atoms with E-state index in [1.54, 1.807) is 0 Å². The quantitative estimate of drug-likeness (QED) is 0.433. The van der Waals surface area contributed by atoms with E-state index in [4.69, 9.17) is 35.4 Å². The maximum atomic E-state index is 6.30. The van der Waals surface area contributed by atoms with Crippen LogP contribution in [0.4, 0.5) is 5.82 Å². The molecule has 1 aliphatic heterocycles. The Bertz CT molecular complexity index is 1070. The van der Waals surface area contributed by atoms with Gasteiger partial charge in [-0.3, -0.25) is 9.58 Å². The number of thiocarbonyl (C=S) groups is 1. The second-order valence-electron chi connectivity index (χ2n) is 7.40. The van der Waals surface area contributed by atoms with Crippen LogP contribution in [-0.2, 0) is 13.1 Å². The van der Waals surface area contributed by atoms with E-state index in [-0.39, 0.29) is 0 Å². The van der Waals surface area contributed by atoms with Gasteiger partial charge in [0.2, 0.25) is 0 Å². The van der Waals surface area contributed by atoms with E-state index >= 15 is 0 Å². The number of piperazine rings is 1. The van der Waals surface area contributed by atoms with E-state index in [0.717, 1.165) is 58.4 Å². The topological polar surface area (TPSA) is 36.3 Å². The number of nitrogens with one attached hydrogen (secondary N) is 1. The molecule has 2 heterocycles. The lowest BCUT2D eigenvalue weighted by molar-refractivity contribution is 0.177. The predicted octanol–water partition coefficient (Wildman–Crippen LogP) is 5.52. The van der Waals surface area contributed by atoms with Gasteiger partial charge in [0.1, 0.15) is 0 Å². The zero-order valence-electron chi connectivity index (χ0n) is 16.8. The Morgan fingerprint density at radius 1 is 0.935 bits per heavy atom. The van der Waals surface area contributed by atoms with E-state index in [0.29, 0.717) is 17.5 Å². The Hall–Kier alpha value is -1.64. The SMILES string of the molecule is S=C(Nc1nn(Cc2ccccc2Cl)cc1Br)N1CCN(Cc2ccccc2Cl)CC1. The molecule has 0 saturated carbocycles. The summed E-state index contributed by atoms with van der Waals surface area (Å²) < 4.78 is 2.71. The molecule has 3 aromatic rings. The molecule has 1 aromatic heterocycles. The zero-order chi connectivity index (χ0) is 21.8. The highest BCUT2D eigenvalue weighted by atomic mass is 79.9. The predicted molar refractivity (Wildman–Crippen MR) is 135 cm³/mol. The average molecular weight is 539 g/mol. The molecule has 0 bridgehead atoms. The number of rotatable bonds is 5. The summed E-state index contributed by atoms with van der Waals surface area (Å²) in [5.41, 5.74) is 2.18. The molecule has 0 unspecified atom stereocenters. The molecular weight excluding hydrogens is 517 g/mol. The third-order valence-electron chi connectivity index (χ3n) is 5.24. The molecule has 31 heavy (non-hydrogen) atoms. The van der Waals surface area contributed by atoms with Crippen LogP contribution in [0.5, 0.6) is 0 Å². The first-order chi connectivity index (χ1) is 15.0. The molecule has 9 heteroatoms. The molecule has 0 aliphatic carbocycles. The summed E-state index contributed by atoms with van der Waals surface area (Å²) >= 11 is 21.8. The van der Waals surface area contributed by atoms with Gasteiger partial charge in [-0.15, -0.1) is 0 Å². The van der Waals surface area contributed by atoms with Crippen molar-refractivity contribution in [2.45, 2.75) is 13.1 Å². The number of aromatic nitrogens is 2. The number of hydrogen-bond donors (Lipinski definition) is 1. The highest BCUT2D eigenvalue weighted by molar-refractivity contribution is 9.10. The lowest BCUT2D eigenvalue weighted by Gasteiger charge is -2.36. The number of halogens is 3. The minimum atomic E-state index is 0.591. The molecule has 2 aromatic carbocycles. The molecule has 5 nitrogen and oxygen atoms in total. The largest absolute Gasteiger partial charge is 0.346 e. The van der Waals surface area contributed by atoms with Crippen molar-refractivity contribution < 1.29 is 0 Å². The van der Waals surface area contributed by atoms with Gasteiger partial charge in [-0.05, 0) is 51.4 Å². The average Bonchev–Trinajstić information content (AvgIpc) is 3.10. The zero-order valence-corrected chi connectivity index (χ0v) is 20.7. The maximum absolute atomic E-state index is 6.30. The lowest BCUT2D eigenvalue weighted by atomic mass is 10.2.